The number of likely N-dealkylation sites (tertiary alicyclic amines) is 1. The van der Waals surface area contributed by atoms with E-state index < -0.39 is 0 Å². The highest BCUT2D eigenvalue weighted by atomic mass is 32.2. The number of hydrogen-bond donors (Lipinski definition) is 0. The van der Waals surface area contributed by atoms with Crippen LogP contribution in [0.25, 0.3) is 10.9 Å². The van der Waals surface area contributed by atoms with Crippen LogP contribution in [0.4, 0.5) is 0 Å². The molecule has 2 aliphatic heterocycles. The number of nitrogens with zero attached hydrogens (tertiary/aromatic N) is 3. The zero-order valence-corrected chi connectivity index (χ0v) is 22.7. The van der Waals surface area contributed by atoms with Gasteiger partial charge in [-0.05, 0) is 79.3 Å². The maximum atomic E-state index is 13.5. The first kappa shape index (κ1) is 24.1. The van der Waals surface area contributed by atoms with Crippen molar-refractivity contribution in [3.8, 4) is 0 Å². The van der Waals surface area contributed by atoms with Crippen molar-refractivity contribution in [2.24, 2.45) is 5.92 Å². The highest BCUT2D eigenvalue weighted by Gasteiger charge is 2.30. The fourth-order valence-electron chi connectivity index (χ4n) is 6.67. The molecule has 6 rings (SSSR count). The Balaban J connectivity index is 1.37. The summed E-state index contributed by atoms with van der Waals surface area (Å²) in [7, 11) is 0. The van der Waals surface area contributed by atoms with Gasteiger partial charge in [-0.1, -0.05) is 31.9 Å². The number of piperidine rings is 1. The van der Waals surface area contributed by atoms with Gasteiger partial charge in [0.15, 0.2) is 0 Å². The van der Waals surface area contributed by atoms with Crippen LogP contribution in [0.5, 0.6) is 0 Å². The Morgan fingerprint density at radius 2 is 1.72 bits per heavy atom. The van der Waals surface area contributed by atoms with Gasteiger partial charge in [-0.3, -0.25) is 9.69 Å². The molecule has 3 aliphatic rings. The molecule has 5 heteroatoms. The normalized spacial score (nSPS) is 19.8. The van der Waals surface area contributed by atoms with E-state index in [4.69, 9.17) is 0 Å². The van der Waals surface area contributed by atoms with Crippen molar-refractivity contribution < 1.29 is 4.79 Å². The predicted octanol–water partition coefficient (Wildman–Crippen LogP) is 6.58. The van der Waals surface area contributed by atoms with Crippen LogP contribution in [-0.2, 0) is 19.5 Å². The van der Waals surface area contributed by atoms with Crippen molar-refractivity contribution in [3.05, 3.63) is 64.8 Å². The fourth-order valence-corrected chi connectivity index (χ4v) is 7.08. The van der Waals surface area contributed by atoms with Crippen LogP contribution >= 0.6 is 11.8 Å². The lowest BCUT2D eigenvalue weighted by atomic mass is 9.98. The molecule has 36 heavy (non-hydrogen) atoms. The molecule has 190 valence electrons. The molecule has 1 aromatic heterocycles. The second-order valence-electron chi connectivity index (χ2n) is 11.2. The Morgan fingerprint density at radius 3 is 2.44 bits per heavy atom. The summed E-state index contributed by atoms with van der Waals surface area (Å²) < 4.78 is 2.54. The Morgan fingerprint density at radius 1 is 0.972 bits per heavy atom. The first-order valence-electron chi connectivity index (χ1n) is 13.9. The second-order valence-corrected chi connectivity index (χ2v) is 12.1. The highest BCUT2D eigenvalue weighted by molar-refractivity contribution is 7.98. The Hall–Kier alpha value is -2.24. The number of amides is 1. The number of benzene rings is 2. The minimum absolute atomic E-state index is 0.210. The van der Waals surface area contributed by atoms with Crippen molar-refractivity contribution in [1.82, 2.24) is 14.4 Å². The summed E-state index contributed by atoms with van der Waals surface area (Å²) >= 11 is 1.79. The minimum Gasteiger partial charge on any atom is -0.340 e. The second kappa shape index (κ2) is 10.3. The zero-order valence-electron chi connectivity index (χ0n) is 21.8. The third kappa shape index (κ3) is 4.61. The smallest absolute Gasteiger partial charge is 0.253 e. The van der Waals surface area contributed by atoms with Crippen LogP contribution in [0, 0.1) is 5.92 Å². The van der Waals surface area contributed by atoms with E-state index in [-0.39, 0.29) is 5.91 Å². The predicted molar refractivity (Wildman–Crippen MR) is 150 cm³/mol. The summed E-state index contributed by atoms with van der Waals surface area (Å²) in [5.41, 5.74) is 6.43. The van der Waals surface area contributed by atoms with Gasteiger partial charge in [-0.2, -0.15) is 0 Å². The molecule has 2 aromatic carbocycles. The monoisotopic (exact) mass is 501 g/mol. The molecular weight excluding hydrogens is 462 g/mol. The van der Waals surface area contributed by atoms with E-state index >= 15 is 0 Å². The summed E-state index contributed by atoms with van der Waals surface area (Å²) in [5.74, 6) is 0.936. The van der Waals surface area contributed by atoms with Crippen LogP contribution in [0.3, 0.4) is 0 Å². The van der Waals surface area contributed by atoms with E-state index in [2.05, 4.69) is 70.0 Å². The van der Waals surface area contributed by atoms with Crippen LogP contribution in [-0.4, -0.2) is 52.2 Å². The van der Waals surface area contributed by atoms with E-state index in [1.807, 2.05) is 0 Å². The van der Waals surface area contributed by atoms with Crippen molar-refractivity contribution in [3.63, 3.8) is 0 Å². The van der Waals surface area contributed by atoms with Crippen LogP contribution < -0.4 is 0 Å². The number of carbonyl (C=O) groups excluding carboxylic acids is 1. The van der Waals surface area contributed by atoms with Crippen molar-refractivity contribution in [2.75, 3.05) is 25.9 Å². The van der Waals surface area contributed by atoms with Gasteiger partial charge in [-0.15, -0.1) is 11.8 Å². The fraction of sp³-hybridized carbons (Fsp3) is 0.516. The van der Waals surface area contributed by atoms with E-state index in [9.17, 15) is 4.79 Å². The topological polar surface area (TPSA) is 28.5 Å². The number of rotatable bonds is 5. The first-order chi connectivity index (χ1) is 17.6. The lowest BCUT2D eigenvalue weighted by Crippen LogP contribution is -2.38. The van der Waals surface area contributed by atoms with Gasteiger partial charge < -0.3 is 9.47 Å². The van der Waals surface area contributed by atoms with E-state index in [0.717, 1.165) is 69.5 Å². The molecule has 0 radical (unpaired) electrons. The quantitative estimate of drug-likeness (QED) is 0.370. The number of thioether (sulfide) groups is 1. The molecule has 3 heterocycles. The maximum Gasteiger partial charge on any atom is 0.253 e. The maximum absolute atomic E-state index is 13.5. The number of fused-ring (bicyclic) bond motifs is 3. The lowest BCUT2D eigenvalue weighted by molar-refractivity contribution is 0.0697. The average molecular weight is 502 g/mol. The van der Waals surface area contributed by atoms with Crippen LogP contribution in [0.2, 0.25) is 0 Å². The molecule has 0 atom stereocenters. The summed E-state index contributed by atoms with van der Waals surface area (Å²) in [6.07, 6.45) is 10.9. The molecular formula is C31H39N3OS. The van der Waals surface area contributed by atoms with E-state index in [1.165, 1.54) is 58.3 Å². The molecule has 1 saturated carbocycles. The SMILES string of the molecule is CSc1ccc(Cn2c3c(c4cc(C(=O)N5CCC(C)CC5)ccc42)CN(C2CCCC2)CC3)cc1. The van der Waals surface area contributed by atoms with E-state index in [0.29, 0.717) is 0 Å². The standard InChI is InChI=1S/C31H39N3OS/c1-22-13-16-32(17-14-22)31(35)24-9-12-29-27(19-24)28-21-33(25-5-3-4-6-25)18-15-30(28)34(29)20-23-7-10-26(36-2)11-8-23/h7-12,19,22,25H,3-6,13-18,20-21H2,1-2H3. The van der Waals surface area contributed by atoms with Gasteiger partial charge in [0, 0.05) is 72.2 Å². The number of hydrogen-bond acceptors (Lipinski definition) is 3. The highest BCUT2D eigenvalue weighted by Crippen LogP contribution is 2.36. The van der Waals surface area contributed by atoms with Crippen LogP contribution in [0.1, 0.15) is 72.6 Å². The summed E-state index contributed by atoms with van der Waals surface area (Å²) in [6, 6.07) is 16.3. The Bertz CT molecular complexity index is 1230. The van der Waals surface area contributed by atoms with Gasteiger partial charge in [0.05, 0.1) is 0 Å². The van der Waals surface area contributed by atoms with Gasteiger partial charge in [-0.25, -0.2) is 0 Å². The van der Waals surface area contributed by atoms with Crippen LogP contribution in [0.15, 0.2) is 47.4 Å². The first-order valence-corrected chi connectivity index (χ1v) is 15.1. The summed E-state index contributed by atoms with van der Waals surface area (Å²) in [5, 5.41) is 1.30. The molecule has 0 unspecified atom stereocenters. The lowest BCUT2D eigenvalue weighted by Gasteiger charge is -2.33. The Kier molecular flexibility index (Phi) is 6.87. The summed E-state index contributed by atoms with van der Waals surface area (Å²) in [4.78, 5) is 19.6. The molecule has 0 spiro atoms. The average Bonchev–Trinajstić information content (AvgIpc) is 3.56. The van der Waals surface area contributed by atoms with Crippen molar-refractivity contribution in [2.45, 2.75) is 75.9 Å². The van der Waals surface area contributed by atoms with Gasteiger partial charge >= 0.3 is 0 Å². The molecule has 2 fully saturated rings. The minimum atomic E-state index is 0.210. The molecule has 1 saturated heterocycles. The van der Waals surface area contributed by atoms with E-state index in [1.54, 1.807) is 11.8 Å². The molecule has 1 aliphatic carbocycles. The van der Waals surface area contributed by atoms with Crippen molar-refractivity contribution >= 4 is 28.6 Å². The molecule has 1 amide bonds. The van der Waals surface area contributed by atoms with Gasteiger partial charge in [0.1, 0.15) is 0 Å². The summed E-state index contributed by atoms with van der Waals surface area (Å²) in [6.45, 7) is 7.14. The van der Waals surface area contributed by atoms with Gasteiger partial charge in [0.25, 0.3) is 5.91 Å². The number of carbonyl (C=O) groups is 1. The third-order valence-electron chi connectivity index (χ3n) is 8.94. The molecule has 0 bridgehead atoms. The zero-order chi connectivity index (χ0) is 24.6. The van der Waals surface area contributed by atoms with Crippen molar-refractivity contribution in [1.29, 1.82) is 0 Å². The third-order valence-corrected chi connectivity index (χ3v) is 9.69. The number of aromatic nitrogens is 1. The molecule has 4 nitrogen and oxygen atoms in total. The Labute approximate surface area is 220 Å². The molecule has 0 N–H and O–H groups in total. The largest absolute Gasteiger partial charge is 0.340 e. The molecule has 3 aromatic rings. The van der Waals surface area contributed by atoms with Gasteiger partial charge in [0.2, 0.25) is 0 Å².